The van der Waals surface area contributed by atoms with Crippen molar-refractivity contribution in [1.29, 1.82) is 0 Å². The topological polar surface area (TPSA) is 118 Å². The van der Waals surface area contributed by atoms with Gasteiger partial charge in [0.1, 0.15) is 34.3 Å². The molecule has 0 saturated carbocycles. The van der Waals surface area contributed by atoms with Gasteiger partial charge in [0.05, 0.1) is 27.5 Å². The number of aliphatic hydroxyl groups is 1. The van der Waals surface area contributed by atoms with Gasteiger partial charge in [-0.2, -0.15) is 0 Å². The van der Waals surface area contributed by atoms with Crippen molar-refractivity contribution in [1.82, 2.24) is 4.90 Å². The zero-order chi connectivity index (χ0) is 31.5. The SMILES string of the molecule is O=C(N1CC[C@@]2(S(=O)(=O)c3ccc(F)cc3)c3ccc(OCc4c(F)cccc4Cl)cc3CC[C@@H]12)C1(O)CCS(=O)(=O)CC1. The maximum absolute atomic E-state index is 14.6. The Hall–Kier alpha value is -3.06. The molecule has 3 aromatic carbocycles. The van der Waals surface area contributed by atoms with E-state index in [2.05, 4.69) is 0 Å². The molecule has 2 heterocycles. The second-order valence-corrected chi connectivity index (χ2v) is 16.6. The molecule has 13 heteroatoms. The van der Waals surface area contributed by atoms with Crippen molar-refractivity contribution >= 4 is 37.2 Å². The minimum Gasteiger partial charge on any atom is -0.489 e. The highest BCUT2D eigenvalue weighted by Crippen LogP contribution is 2.54. The van der Waals surface area contributed by atoms with Crippen molar-refractivity contribution in [3.05, 3.63) is 94.0 Å². The summed E-state index contributed by atoms with van der Waals surface area (Å²) in [6, 6.07) is 12.9. The summed E-state index contributed by atoms with van der Waals surface area (Å²) in [5.74, 6) is -2.10. The van der Waals surface area contributed by atoms with Crippen molar-refractivity contribution < 1.29 is 40.3 Å². The maximum Gasteiger partial charge on any atom is 0.254 e. The molecular weight excluding hydrogens is 636 g/mol. The molecule has 0 unspecified atom stereocenters. The normalized spacial score (nSPS) is 23.9. The van der Waals surface area contributed by atoms with E-state index in [1.54, 1.807) is 24.3 Å². The van der Waals surface area contributed by atoms with Gasteiger partial charge in [-0.25, -0.2) is 25.6 Å². The average molecular weight is 666 g/mol. The van der Waals surface area contributed by atoms with E-state index in [9.17, 15) is 35.5 Å². The van der Waals surface area contributed by atoms with Gasteiger partial charge >= 0.3 is 0 Å². The summed E-state index contributed by atoms with van der Waals surface area (Å²) in [6.07, 6.45) is 0.0808. The molecule has 234 valence electrons. The summed E-state index contributed by atoms with van der Waals surface area (Å²) in [6.45, 7) is -0.134. The van der Waals surface area contributed by atoms with E-state index in [4.69, 9.17) is 16.3 Å². The van der Waals surface area contributed by atoms with Gasteiger partial charge in [0, 0.05) is 12.1 Å². The fourth-order valence-electron chi connectivity index (χ4n) is 6.84. The Balaban J connectivity index is 1.39. The number of hydrogen-bond acceptors (Lipinski definition) is 7. The quantitative estimate of drug-likeness (QED) is 0.389. The number of hydrogen-bond donors (Lipinski definition) is 1. The molecule has 1 aliphatic carbocycles. The zero-order valence-electron chi connectivity index (χ0n) is 23.5. The Kier molecular flexibility index (Phi) is 7.79. The molecule has 0 bridgehead atoms. The third-order valence-electron chi connectivity index (χ3n) is 9.22. The van der Waals surface area contributed by atoms with Crippen molar-refractivity contribution in [2.24, 2.45) is 0 Å². The molecule has 1 N–H and O–H groups in total. The number of amides is 1. The first kappa shape index (κ1) is 30.9. The van der Waals surface area contributed by atoms with Crippen LogP contribution in [0.15, 0.2) is 65.6 Å². The summed E-state index contributed by atoms with van der Waals surface area (Å²) in [4.78, 5) is 15.1. The molecule has 0 aromatic heterocycles. The number of rotatable bonds is 6. The van der Waals surface area contributed by atoms with Crippen LogP contribution in [-0.2, 0) is 42.2 Å². The lowest BCUT2D eigenvalue weighted by Crippen LogP contribution is -2.58. The second-order valence-electron chi connectivity index (χ2n) is 11.6. The molecule has 1 amide bonds. The van der Waals surface area contributed by atoms with Crippen molar-refractivity contribution in [2.45, 2.75) is 60.0 Å². The fourth-order valence-corrected chi connectivity index (χ4v) is 10.9. The second kappa shape index (κ2) is 11.1. The van der Waals surface area contributed by atoms with Gasteiger partial charge in [0.25, 0.3) is 5.91 Å². The standard InChI is InChI=1S/C31H30ClF2NO7S2/c32-26-2-1-3-27(34)24(26)19-42-22-7-10-25-20(18-22)4-11-28-31(25,44(40,41)23-8-5-21(33)6-9-23)12-15-35(28)29(36)30(37)13-16-43(38,39)17-14-30/h1-3,5-10,18,28,37H,4,11-17,19H2/t28-,31-/m1/s1. The van der Waals surface area contributed by atoms with Crippen molar-refractivity contribution in [3.63, 3.8) is 0 Å². The van der Waals surface area contributed by atoms with E-state index >= 15 is 0 Å². The number of likely N-dealkylation sites (tertiary alicyclic amines) is 1. The first-order chi connectivity index (χ1) is 20.8. The number of aryl methyl sites for hydroxylation is 1. The lowest BCUT2D eigenvalue weighted by atomic mass is 9.78. The van der Waals surface area contributed by atoms with E-state index in [0.29, 0.717) is 23.3 Å². The minimum absolute atomic E-state index is 0.00946. The third-order valence-corrected chi connectivity index (χ3v) is 13.8. The van der Waals surface area contributed by atoms with E-state index < -0.39 is 53.6 Å². The van der Waals surface area contributed by atoms with Crippen LogP contribution in [0.5, 0.6) is 5.75 Å². The van der Waals surface area contributed by atoms with E-state index in [-0.39, 0.29) is 65.8 Å². The van der Waals surface area contributed by atoms with Crippen molar-refractivity contribution in [3.8, 4) is 5.75 Å². The van der Waals surface area contributed by atoms with Crippen LogP contribution in [0, 0.1) is 11.6 Å². The highest BCUT2D eigenvalue weighted by molar-refractivity contribution is 7.92. The highest BCUT2D eigenvalue weighted by atomic mass is 35.5. The third kappa shape index (κ3) is 5.09. The van der Waals surface area contributed by atoms with Crippen LogP contribution in [0.3, 0.4) is 0 Å². The van der Waals surface area contributed by atoms with Crippen LogP contribution >= 0.6 is 11.6 Å². The molecule has 2 fully saturated rings. The molecule has 0 radical (unpaired) electrons. The molecule has 8 nitrogen and oxygen atoms in total. The Bertz CT molecular complexity index is 1820. The van der Waals surface area contributed by atoms with E-state index in [1.165, 1.54) is 29.2 Å². The first-order valence-corrected chi connectivity index (χ1v) is 17.9. The zero-order valence-corrected chi connectivity index (χ0v) is 25.9. The van der Waals surface area contributed by atoms with Gasteiger partial charge in [0.2, 0.25) is 0 Å². The lowest BCUT2D eigenvalue weighted by Gasteiger charge is -2.44. The van der Waals surface area contributed by atoms with Crippen LogP contribution in [0.2, 0.25) is 5.02 Å². The Morgan fingerprint density at radius 3 is 2.43 bits per heavy atom. The van der Waals surface area contributed by atoms with Gasteiger partial charge in [0.15, 0.2) is 19.7 Å². The van der Waals surface area contributed by atoms with Crippen LogP contribution in [0.4, 0.5) is 8.78 Å². The van der Waals surface area contributed by atoms with Crippen LogP contribution in [0.25, 0.3) is 0 Å². The molecule has 2 atom stereocenters. The Morgan fingerprint density at radius 1 is 1.05 bits per heavy atom. The Morgan fingerprint density at radius 2 is 1.75 bits per heavy atom. The number of carbonyl (C=O) groups excluding carboxylic acids is 1. The number of fused-ring (bicyclic) bond motifs is 3. The summed E-state index contributed by atoms with van der Waals surface area (Å²) >= 11 is 6.14. The summed E-state index contributed by atoms with van der Waals surface area (Å²) in [5.41, 5.74) is -0.614. The smallest absolute Gasteiger partial charge is 0.254 e. The number of halogens is 3. The van der Waals surface area contributed by atoms with Crippen LogP contribution < -0.4 is 4.74 Å². The highest BCUT2D eigenvalue weighted by Gasteiger charge is 2.62. The minimum atomic E-state index is -4.25. The monoisotopic (exact) mass is 665 g/mol. The molecule has 2 aliphatic heterocycles. The summed E-state index contributed by atoms with van der Waals surface area (Å²) in [7, 11) is -7.63. The first-order valence-electron chi connectivity index (χ1n) is 14.2. The van der Waals surface area contributed by atoms with Gasteiger partial charge in [-0.15, -0.1) is 0 Å². The largest absolute Gasteiger partial charge is 0.489 e. The molecule has 3 aromatic rings. The van der Waals surface area contributed by atoms with Gasteiger partial charge in [-0.3, -0.25) is 4.79 Å². The van der Waals surface area contributed by atoms with Gasteiger partial charge < -0.3 is 14.7 Å². The fraction of sp³-hybridized carbons (Fsp3) is 0.387. The summed E-state index contributed by atoms with van der Waals surface area (Å²) < 4.78 is 85.5. The molecule has 2 saturated heterocycles. The van der Waals surface area contributed by atoms with Gasteiger partial charge in [-0.05, 0) is 91.8 Å². The maximum atomic E-state index is 14.6. The Labute approximate surface area is 259 Å². The molecule has 44 heavy (non-hydrogen) atoms. The molecular formula is C31H30ClF2NO7S2. The number of nitrogens with zero attached hydrogens (tertiary/aromatic N) is 1. The molecule has 0 spiro atoms. The lowest BCUT2D eigenvalue weighted by molar-refractivity contribution is -0.153. The average Bonchev–Trinajstić information content (AvgIpc) is 3.40. The predicted octanol–water partition coefficient (Wildman–Crippen LogP) is 4.35. The van der Waals surface area contributed by atoms with Crippen molar-refractivity contribution in [2.75, 3.05) is 18.1 Å². The molecule has 3 aliphatic rings. The summed E-state index contributed by atoms with van der Waals surface area (Å²) in [5, 5.41) is 11.5. The molecule has 6 rings (SSSR count). The van der Waals surface area contributed by atoms with E-state index in [1.807, 2.05) is 0 Å². The number of ether oxygens (including phenoxy) is 1. The number of sulfone groups is 2. The van der Waals surface area contributed by atoms with Gasteiger partial charge in [-0.1, -0.05) is 23.7 Å². The van der Waals surface area contributed by atoms with E-state index in [0.717, 1.165) is 12.1 Å². The van der Waals surface area contributed by atoms with Crippen LogP contribution in [0.1, 0.15) is 42.4 Å². The predicted molar refractivity (Wildman–Crippen MR) is 159 cm³/mol. The van der Waals surface area contributed by atoms with Crippen LogP contribution in [-0.4, -0.2) is 62.4 Å². The number of benzene rings is 3. The number of carbonyl (C=O) groups is 1.